The summed E-state index contributed by atoms with van der Waals surface area (Å²) >= 11 is 0. The highest BCUT2D eigenvalue weighted by Crippen LogP contribution is 2.53. The highest BCUT2D eigenvalue weighted by atomic mass is 31.3. The Hall–Kier alpha value is -0.710. The Balaban J connectivity index is 0. The summed E-state index contributed by atoms with van der Waals surface area (Å²) in [6.07, 6.45) is 4.32. The molecule has 14 heavy (non-hydrogen) atoms. The Labute approximate surface area is 77.8 Å². The highest BCUT2D eigenvalue weighted by molar-refractivity contribution is 7.60. The van der Waals surface area contributed by atoms with E-state index in [2.05, 4.69) is 10.7 Å². The van der Waals surface area contributed by atoms with Gasteiger partial charge in [-0.25, -0.2) is 13.9 Å². The van der Waals surface area contributed by atoms with Crippen LogP contribution in [0.3, 0.4) is 0 Å². The van der Waals surface area contributed by atoms with Gasteiger partial charge in [-0.2, -0.15) is 4.31 Å². The molecule has 0 rings (SSSR count). The molecule has 11 heteroatoms. The lowest BCUT2D eigenvalue weighted by Gasteiger charge is -2.03. The summed E-state index contributed by atoms with van der Waals surface area (Å²) < 4.78 is 22.2. The Morgan fingerprint density at radius 3 is 1.36 bits per heavy atom. The minimum Gasteiger partial charge on any atom is -0.472 e. The number of phosphoric acid groups is 2. The third-order valence-electron chi connectivity index (χ3n) is 0.336. The molecule has 0 aliphatic carbocycles. The molecular formula is C3H6O9P2. The van der Waals surface area contributed by atoms with Gasteiger partial charge in [-0.1, -0.05) is 0 Å². The number of aliphatic carboxylic acids is 1. The van der Waals surface area contributed by atoms with E-state index in [-0.39, 0.29) is 0 Å². The Morgan fingerprint density at radius 2 is 1.36 bits per heavy atom. The summed E-state index contributed by atoms with van der Waals surface area (Å²) in [5, 5.41) is 7.49. The molecule has 0 aromatic carbocycles. The molecule has 0 fully saturated rings. The van der Waals surface area contributed by atoms with Crippen molar-refractivity contribution in [2.75, 3.05) is 0 Å². The number of rotatable bonds is 2. The van der Waals surface area contributed by atoms with Crippen LogP contribution in [-0.2, 0) is 18.2 Å². The van der Waals surface area contributed by atoms with E-state index in [1.807, 2.05) is 0 Å². The molecule has 0 aliphatic rings. The van der Waals surface area contributed by atoms with Crippen LogP contribution in [0.15, 0.2) is 0 Å². The lowest BCUT2D eigenvalue weighted by atomic mass is 10.7. The topological polar surface area (TPSA) is 162 Å². The number of hydrogen-bond donors (Lipinski definition) is 5. The monoisotopic (exact) mass is 248 g/mol. The van der Waals surface area contributed by atoms with Crippen LogP contribution in [0.4, 0.5) is 0 Å². The first-order chi connectivity index (χ1) is 5.98. The number of hydrogen-bond acceptors (Lipinski definition) is 4. The van der Waals surface area contributed by atoms with Crippen LogP contribution in [0.25, 0.3) is 0 Å². The van der Waals surface area contributed by atoms with Gasteiger partial charge in [0.15, 0.2) is 0 Å². The van der Waals surface area contributed by atoms with Crippen LogP contribution >= 0.6 is 15.6 Å². The smallest absolute Gasteiger partial charge is 0.472 e. The average molecular weight is 248 g/mol. The third kappa shape index (κ3) is 22.5. The standard InChI is InChI=1S/C3H2O2.H4O7P2/c1-2-3(4)5;1-8(2,3)7-9(4,5)6/h1H,(H,4,5);(H2,1,2,3)(H2,4,5,6). The Kier molecular flexibility index (Phi) is 6.64. The van der Waals surface area contributed by atoms with Gasteiger partial charge in [0.25, 0.3) is 0 Å². The fourth-order valence-electron chi connectivity index (χ4n) is 0.139. The zero-order chi connectivity index (χ0) is 12.0. The maximum absolute atomic E-state index is 9.63. The summed E-state index contributed by atoms with van der Waals surface area (Å²) in [5.41, 5.74) is 0. The molecule has 0 heterocycles. The third-order valence-corrected chi connectivity index (χ3v) is 2.04. The second-order valence-electron chi connectivity index (χ2n) is 1.51. The summed E-state index contributed by atoms with van der Waals surface area (Å²) in [6, 6.07) is 0. The molecule has 9 nitrogen and oxygen atoms in total. The number of terminal acetylenes is 1. The van der Waals surface area contributed by atoms with E-state index in [4.69, 9.17) is 29.5 Å². The van der Waals surface area contributed by atoms with Gasteiger partial charge < -0.3 is 24.7 Å². The number of carboxylic acids is 1. The van der Waals surface area contributed by atoms with Crippen molar-refractivity contribution in [3.05, 3.63) is 0 Å². The quantitative estimate of drug-likeness (QED) is 0.301. The van der Waals surface area contributed by atoms with Crippen molar-refractivity contribution in [1.82, 2.24) is 0 Å². The van der Waals surface area contributed by atoms with Crippen LogP contribution in [-0.4, -0.2) is 30.6 Å². The molecule has 0 amide bonds. The molecule has 0 aromatic heterocycles. The fourth-order valence-corrected chi connectivity index (χ4v) is 1.25. The van der Waals surface area contributed by atoms with E-state index in [9.17, 15) is 9.13 Å². The first-order valence-corrected chi connectivity index (χ1v) is 5.56. The van der Waals surface area contributed by atoms with Crippen molar-refractivity contribution in [2.24, 2.45) is 0 Å². The predicted molar refractivity (Wildman–Crippen MR) is 41.6 cm³/mol. The van der Waals surface area contributed by atoms with Gasteiger partial charge in [-0.05, 0) is 0 Å². The van der Waals surface area contributed by atoms with E-state index < -0.39 is 21.6 Å². The molecule has 0 radical (unpaired) electrons. The summed E-state index contributed by atoms with van der Waals surface area (Å²) in [4.78, 5) is 40.1. The molecule has 0 spiro atoms. The second-order valence-corrected chi connectivity index (χ2v) is 4.13. The lowest BCUT2D eigenvalue weighted by Crippen LogP contribution is -1.84. The summed E-state index contributed by atoms with van der Waals surface area (Å²) in [5.74, 6) is 0.227. The highest BCUT2D eigenvalue weighted by Gasteiger charge is 2.27. The molecule has 0 atom stereocenters. The van der Waals surface area contributed by atoms with Crippen molar-refractivity contribution in [2.45, 2.75) is 0 Å². The van der Waals surface area contributed by atoms with Gasteiger partial charge >= 0.3 is 21.6 Å². The van der Waals surface area contributed by atoms with Gasteiger partial charge in [0, 0.05) is 5.92 Å². The predicted octanol–water partition coefficient (Wildman–Crippen LogP) is -1.11. The van der Waals surface area contributed by atoms with Crippen molar-refractivity contribution >= 4 is 21.6 Å². The molecule has 0 aromatic rings. The Morgan fingerprint density at radius 1 is 1.14 bits per heavy atom. The first kappa shape index (κ1) is 15.7. The van der Waals surface area contributed by atoms with Crippen molar-refractivity contribution in [1.29, 1.82) is 0 Å². The molecule has 0 saturated carbocycles. The molecule has 0 aliphatic heterocycles. The van der Waals surface area contributed by atoms with Gasteiger partial charge in [-0.15, -0.1) is 6.42 Å². The van der Waals surface area contributed by atoms with Crippen molar-refractivity contribution in [3.8, 4) is 12.3 Å². The summed E-state index contributed by atoms with van der Waals surface area (Å²) in [6.45, 7) is 0. The summed E-state index contributed by atoms with van der Waals surface area (Å²) in [7, 11) is -10.1. The minimum atomic E-state index is -5.05. The van der Waals surface area contributed by atoms with Crippen LogP contribution in [0.2, 0.25) is 0 Å². The first-order valence-electron chi connectivity index (χ1n) is 2.50. The zero-order valence-corrected chi connectivity index (χ0v) is 8.13. The van der Waals surface area contributed by atoms with Crippen molar-refractivity contribution in [3.63, 3.8) is 0 Å². The van der Waals surface area contributed by atoms with Crippen LogP contribution < -0.4 is 0 Å². The van der Waals surface area contributed by atoms with E-state index >= 15 is 0 Å². The Bertz CT molecular complexity index is 293. The molecule has 82 valence electrons. The van der Waals surface area contributed by atoms with Crippen LogP contribution in [0.5, 0.6) is 0 Å². The van der Waals surface area contributed by atoms with Crippen LogP contribution in [0.1, 0.15) is 0 Å². The van der Waals surface area contributed by atoms with Gasteiger partial charge in [-0.3, -0.25) is 0 Å². The lowest BCUT2D eigenvalue weighted by molar-refractivity contribution is -0.130. The molecule has 0 bridgehead atoms. The minimum absolute atomic E-state index is 1.22. The molecule has 0 saturated heterocycles. The molecule has 5 N–H and O–H groups in total. The normalized spacial score (nSPS) is 10.8. The van der Waals surface area contributed by atoms with E-state index in [0.29, 0.717) is 0 Å². The maximum Gasteiger partial charge on any atom is 0.478 e. The molecule has 0 unspecified atom stereocenters. The maximum atomic E-state index is 9.63. The second kappa shape index (κ2) is 5.90. The van der Waals surface area contributed by atoms with E-state index in [1.54, 1.807) is 0 Å². The zero-order valence-electron chi connectivity index (χ0n) is 6.34. The average Bonchev–Trinajstić information content (AvgIpc) is 1.80. The molecular weight excluding hydrogens is 242 g/mol. The number of carboxylic acid groups (broad SMARTS) is 1. The van der Waals surface area contributed by atoms with Crippen molar-refractivity contribution < 1.29 is 42.9 Å². The van der Waals surface area contributed by atoms with E-state index in [1.165, 1.54) is 5.92 Å². The van der Waals surface area contributed by atoms with Gasteiger partial charge in [0.05, 0.1) is 0 Å². The number of carbonyl (C=O) groups is 1. The largest absolute Gasteiger partial charge is 0.478 e. The fraction of sp³-hybridized carbons (Fsp3) is 0. The van der Waals surface area contributed by atoms with Crippen LogP contribution in [0, 0.1) is 12.3 Å². The SMILES string of the molecule is C#CC(=O)O.O=P(O)(O)OP(=O)(O)O. The van der Waals surface area contributed by atoms with Gasteiger partial charge in [0.1, 0.15) is 0 Å². The van der Waals surface area contributed by atoms with Gasteiger partial charge in [0.2, 0.25) is 0 Å². The van der Waals surface area contributed by atoms with E-state index in [0.717, 1.165) is 0 Å².